The highest BCUT2D eigenvalue weighted by Crippen LogP contribution is 2.40. The molecule has 4 aliphatic heterocycles. The lowest BCUT2D eigenvalue weighted by atomic mass is 9.99. The zero-order chi connectivity index (χ0) is 34.5. The van der Waals surface area contributed by atoms with Crippen molar-refractivity contribution in [3.8, 4) is 0 Å². The van der Waals surface area contributed by atoms with E-state index < -0.39 is 30.2 Å². The van der Waals surface area contributed by atoms with Gasteiger partial charge in [-0.15, -0.1) is 0 Å². The third kappa shape index (κ3) is 8.08. The van der Waals surface area contributed by atoms with Gasteiger partial charge in [-0.1, -0.05) is 66.7 Å². The molecular weight excluding hydrogens is 636 g/mol. The van der Waals surface area contributed by atoms with Crippen LogP contribution < -0.4 is 10.2 Å². The zero-order valence-corrected chi connectivity index (χ0v) is 28.3. The number of alkyl carbamates (subject to hydrolysis) is 1. The van der Waals surface area contributed by atoms with Crippen LogP contribution in [0.4, 0.5) is 10.5 Å². The van der Waals surface area contributed by atoms with Gasteiger partial charge in [0.25, 0.3) is 5.91 Å². The highest BCUT2D eigenvalue weighted by Gasteiger charge is 2.42. The number of anilines is 1. The summed E-state index contributed by atoms with van der Waals surface area (Å²) in [5, 5.41) is 12.2. The van der Waals surface area contributed by atoms with Gasteiger partial charge in [0.1, 0.15) is 12.6 Å². The highest BCUT2D eigenvalue weighted by atomic mass is 16.7. The monoisotopic (exact) mass is 682 g/mol. The van der Waals surface area contributed by atoms with Gasteiger partial charge < -0.3 is 29.5 Å². The first-order valence-corrected chi connectivity index (χ1v) is 17.8. The van der Waals surface area contributed by atoms with Crippen LogP contribution in [0.2, 0.25) is 0 Å². The average molecular weight is 683 g/mol. The number of hydrogen-bond donors (Lipinski definition) is 2. The number of aliphatic hydroxyl groups excluding tert-OH is 1. The van der Waals surface area contributed by atoms with Crippen molar-refractivity contribution in [2.45, 2.75) is 82.3 Å². The fourth-order valence-corrected chi connectivity index (χ4v) is 7.63. The van der Waals surface area contributed by atoms with E-state index in [1.54, 1.807) is 18.2 Å². The Morgan fingerprint density at radius 3 is 2.44 bits per heavy atom. The third-order valence-corrected chi connectivity index (χ3v) is 10.3. The van der Waals surface area contributed by atoms with E-state index >= 15 is 0 Å². The number of carbonyl (C=O) groups excluding carboxylic acids is 3. The maximum Gasteiger partial charge on any atom is 0.408 e. The molecule has 4 saturated heterocycles. The first-order chi connectivity index (χ1) is 24.4. The second-order valence-corrected chi connectivity index (χ2v) is 13.8. The van der Waals surface area contributed by atoms with Crippen molar-refractivity contribution in [3.63, 3.8) is 0 Å². The molecule has 5 unspecified atom stereocenters. The van der Waals surface area contributed by atoms with Crippen molar-refractivity contribution in [1.82, 2.24) is 15.1 Å². The number of aliphatic hydroxyl groups is 1. The number of amides is 3. The molecule has 0 spiro atoms. The molecule has 0 radical (unpaired) electrons. The number of carbonyl (C=O) groups is 3. The molecule has 264 valence electrons. The first kappa shape index (κ1) is 34.3. The van der Waals surface area contributed by atoms with E-state index in [0.717, 1.165) is 41.2 Å². The molecule has 0 saturated carbocycles. The summed E-state index contributed by atoms with van der Waals surface area (Å²) in [5.74, 6) is -0.934. The van der Waals surface area contributed by atoms with Crippen molar-refractivity contribution in [2.24, 2.45) is 0 Å². The number of benzene rings is 3. The van der Waals surface area contributed by atoms with Crippen LogP contribution in [0.25, 0.3) is 0 Å². The smallest absolute Gasteiger partial charge is 0.408 e. The van der Waals surface area contributed by atoms with E-state index in [2.05, 4.69) is 15.1 Å². The molecule has 3 aromatic rings. The molecule has 4 heterocycles. The Morgan fingerprint density at radius 2 is 1.66 bits per heavy atom. The summed E-state index contributed by atoms with van der Waals surface area (Å²) in [6, 6.07) is 23.7. The predicted molar refractivity (Wildman–Crippen MR) is 186 cm³/mol. The molecule has 7 rings (SSSR count). The molecule has 5 atom stereocenters. The summed E-state index contributed by atoms with van der Waals surface area (Å²) < 4.78 is 18.6. The van der Waals surface area contributed by atoms with Crippen molar-refractivity contribution in [3.05, 3.63) is 101 Å². The number of nitrogens with zero attached hydrogens (tertiary/aromatic N) is 3. The summed E-state index contributed by atoms with van der Waals surface area (Å²) in [5.41, 5.74) is 3.74. The Morgan fingerprint density at radius 1 is 0.860 bits per heavy atom. The normalized spacial score (nSPS) is 26.1. The van der Waals surface area contributed by atoms with Gasteiger partial charge in [-0.3, -0.25) is 14.5 Å². The molecule has 11 nitrogen and oxygen atoms in total. The third-order valence-electron chi connectivity index (χ3n) is 10.3. The molecule has 3 aromatic carbocycles. The summed E-state index contributed by atoms with van der Waals surface area (Å²) in [4.78, 5) is 45.4. The number of rotatable bonds is 11. The highest BCUT2D eigenvalue weighted by molar-refractivity contribution is 6.22. The Hall–Kier alpha value is -4.13. The van der Waals surface area contributed by atoms with E-state index in [4.69, 9.17) is 14.2 Å². The van der Waals surface area contributed by atoms with Gasteiger partial charge in [-0.25, -0.2) is 9.69 Å². The van der Waals surface area contributed by atoms with Crippen LogP contribution in [0.1, 0.15) is 73.2 Å². The summed E-state index contributed by atoms with van der Waals surface area (Å²) in [6.07, 6.45) is 3.59. The Bertz CT molecular complexity index is 1630. The molecule has 2 N–H and O–H groups in total. The minimum absolute atomic E-state index is 0.0283. The summed E-state index contributed by atoms with van der Waals surface area (Å²) in [6.45, 7) is 5.32. The second-order valence-electron chi connectivity index (χ2n) is 13.8. The predicted octanol–water partition coefficient (Wildman–Crippen LogP) is 4.84. The fraction of sp³-hybridized carbons (Fsp3) is 0.462. The minimum Gasteiger partial charge on any atom is -0.445 e. The van der Waals surface area contributed by atoms with E-state index in [0.29, 0.717) is 23.7 Å². The summed E-state index contributed by atoms with van der Waals surface area (Å²) in [7, 11) is 0. The lowest BCUT2D eigenvalue weighted by Crippen LogP contribution is -2.45. The molecule has 4 fully saturated rings. The lowest BCUT2D eigenvalue weighted by molar-refractivity contribution is -0.253. The Kier molecular flexibility index (Phi) is 10.9. The van der Waals surface area contributed by atoms with Crippen LogP contribution in [0.3, 0.4) is 0 Å². The van der Waals surface area contributed by atoms with E-state index in [-0.39, 0.29) is 31.8 Å². The van der Waals surface area contributed by atoms with Gasteiger partial charge in [0, 0.05) is 31.1 Å². The van der Waals surface area contributed by atoms with Gasteiger partial charge in [0.2, 0.25) is 5.91 Å². The SMILES string of the molecule is O=C(NC1CC(=O)N(c2cccc(C3OC(CN4CCCC4CN4CCCC4)CC(c4ccc(CO)cc4)O3)c2)C1=O)OCc1ccccc1. The quantitative estimate of drug-likeness (QED) is 0.274. The van der Waals surface area contributed by atoms with Crippen LogP contribution >= 0.6 is 0 Å². The van der Waals surface area contributed by atoms with E-state index in [9.17, 15) is 19.5 Å². The van der Waals surface area contributed by atoms with Gasteiger partial charge in [0.05, 0.1) is 30.9 Å². The van der Waals surface area contributed by atoms with Crippen LogP contribution in [0.5, 0.6) is 0 Å². The molecule has 11 heteroatoms. The van der Waals surface area contributed by atoms with Crippen molar-refractivity contribution < 1.29 is 33.7 Å². The molecule has 3 amide bonds. The second kappa shape index (κ2) is 15.8. The number of hydrogen-bond acceptors (Lipinski definition) is 9. The van der Waals surface area contributed by atoms with Crippen LogP contribution in [0.15, 0.2) is 78.9 Å². The molecule has 4 aliphatic rings. The number of imide groups is 1. The van der Waals surface area contributed by atoms with E-state index in [1.165, 1.54) is 38.8 Å². The lowest BCUT2D eigenvalue weighted by Gasteiger charge is -2.39. The van der Waals surface area contributed by atoms with Crippen molar-refractivity contribution in [1.29, 1.82) is 0 Å². The molecular formula is C39H46N4O7. The first-order valence-electron chi connectivity index (χ1n) is 17.8. The van der Waals surface area contributed by atoms with Crippen molar-refractivity contribution >= 4 is 23.6 Å². The van der Waals surface area contributed by atoms with Gasteiger partial charge in [-0.05, 0) is 74.1 Å². The molecule has 0 aromatic heterocycles. The molecule has 0 aliphatic carbocycles. The zero-order valence-electron chi connectivity index (χ0n) is 28.3. The Labute approximate surface area is 293 Å². The van der Waals surface area contributed by atoms with Crippen molar-refractivity contribution in [2.75, 3.05) is 37.6 Å². The standard InChI is InChI=1S/C39H46N4O7/c44-25-27-13-15-29(16-14-27)35-21-33(24-42-19-7-12-32(42)23-41-17-4-5-18-41)49-38(50-35)30-10-6-11-31(20-30)43-36(45)22-34(37(43)46)40-39(47)48-26-28-8-2-1-3-9-28/h1-3,6,8-11,13-16,20,32-35,38,44H,4-5,7,12,17-19,21-26H2,(H,40,47). The average Bonchev–Trinajstić information content (AvgIpc) is 3.89. The maximum absolute atomic E-state index is 13.4. The van der Waals surface area contributed by atoms with Crippen LogP contribution in [-0.2, 0) is 37.0 Å². The number of likely N-dealkylation sites (tertiary alicyclic amines) is 2. The summed E-state index contributed by atoms with van der Waals surface area (Å²) >= 11 is 0. The van der Waals surface area contributed by atoms with Gasteiger partial charge >= 0.3 is 6.09 Å². The van der Waals surface area contributed by atoms with Gasteiger partial charge in [-0.2, -0.15) is 0 Å². The van der Waals surface area contributed by atoms with Crippen LogP contribution in [0, 0.1) is 0 Å². The number of nitrogens with one attached hydrogen (secondary N) is 1. The fourth-order valence-electron chi connectivity index (χ4n) is 7.63. The number of ether oxygens (including phenoxy) is 3. The van der Waals surface area contributed by atoms with Gasteiger partial charge in [0.15, 0.2) is 6.29 Å². The molecule has 50 heavy (non-hydrogen) atoms. The van der Waals surface area contributed by atoms with E-state index in [1.807, 2.05) is 60.7 Å². The maximum atomic E-state index is 13.4. The topological polar surface area (TPSA) is 121 Å². The largest absolute Gasteiger partial charge is 0.445 e. The minimum atomic E-state index is -1.03. The Balaban J connectivity index is 1.05. The molecule has 0 bridgehead atoms. The van der Waals surface area contributed by atoms with Crippen LogP contribution in [-0.4, -0.2) is 83.7 Å².